The molecule has 0 saturated heterocycles. The van der Waals surface area contributed by atoms with Crippen molar-refractivity contribution in [2.75, 3.05) is 0 Å². The summed E-state index contributed by atoms with van der Waals surface area (Å²) in [6, 6.07) is 57.4. The maximum atomic E-state index is 9.57. The van der Waals surface area contributed by atoms with E-state index in [0.717, 1.165) is 27.5 Å². The number of hydrogen-bond donors (Lipinski definition) is 0. The summed E-state index contributed by atoms with van der Waals surface area (Å²) in [5.41, 5.74) is 15.9. The van der Waals surface area contributed by atoms with E-state index in [2.05, 4.69) is 128 Å². The number of rotatable bonds is 4. The number of para-hydroxylation sites is 1. The molecule has 1 unspecified atom stereocenters. The van der Waals surface area contributed by atoms with E-state index in [1.165, 1.54) is 55.5 Å². The molecule has 7 aromatic carbocycles. The average molecular weight is 704 g/mol. The topological polar surface area (TPSA) is 67.4 Å². The highest BCUT2D eigenvalue weighted by Crippen LogP contribution is 2.62. The zero-order valence-electron chi connectivity index (χ0n) is 30.3. The summed E-state index contributed by atoms with van der Waals surface area (Å²) in [6.07, 6.45) is 0. The van der Waals surface area contributed by atoms with Crippen LogP contribution in [0.15, 0.2) is 158 Å². The summed E-state index contributed by atoms with van der Waals surface area (Å²) in [5, 5.41) is 11.9. The zero-order chi connectivity index (χ0) is 36.8. The highest BCUT2D eigenvalue weighted by molar-refractivity contribution is 6.23. The standard InChI is InChI=1S/C50H33N5/c1-50(2)38-23-13-11-21-36(38)41-43-37-22-12-14-24-39(37)55(46(43)42-35-20-10-9-19-34(35)40(44(42)45(41)50)31-15-5-3-6-16-31)49-53-47(32-17-7-4-8-18-32)52-48(54-49)33-27-25-30(29-51)26-28-33/h3-28,40H,1-2H3. The largest absolute Gasteiger partial charge is 0.277 e. The number of aromatic nitrogens is 4. The van der Waals surface area contributed by atoms with Crippen LogP contribution < -0.4 is 0 Å². The maximum absolute atomic E-state index is 9.57. The van der Waals surface area contributed by atoms with Gasteiger partial charge >= 0.3 is 0 Å². The monoisotopic (exact) mass is 703 g/mol. The normalized spacial score (nSPS) is 14.7. The Balaban J connectivity index is 1.35. The Kier molecular flexibility index (Phi) is 6.66. The first-order chi connectivity index (χ1) is 27.0. The summed E-state index contributed by atoms with van der Waals surface area (Å²) in [6.45, 7) is 4.80. The quantitative estimate of drug-likeness (QED) is 0.183. The predicted octanol–water partition coefficient (Wildman–Crippen LogP) is 11.6. The molecule has 5 nitrogen and oxygen atoms in total. The van der Waals surface area contributed by atoms with Crippen molar-refractivity contribution in [3.8, 4) is 57.0 Å². The van der Waals surface area contributed by atoms with Crippen molar-refractivity contribution >= 4 is 21.8 Å². The Labute approximate surface area is 318 Å². The molecule has 0 saturated carbocycles. The van der Waals surface area contributed by atoms with Gasteiger partial charge in [0.25, 0.3) is 0 Å². The molecule has 1 atom stereocenters. The first kappa shape index (κ1) is 31.4. The fraction of sp³-hybridized carbons (Fsp3) is 0.0800. The van der Waals surface area contributed by atoms with Gasteiger partial charge in [-0.2, -0.15) is 15.2 Å². The van der Waals surface area contributed by atoms with Crippen molar-refractivity contribution in [1.82, 2.24) is 19.5 Å². The van der Waals surface area contributed by atoms with Gasteiger partial charge in [0.15, 0.2) is 11.6 Å². The smallest absolute Gasteiger partial charge is 0.238 e. The van der Waals surface area contributed by atoms with Crippen LogP contribution in [-0.2, 0) is 5.41 Å². The molecule has 2 aliphatic rings. The lowest BCUT2D eigenvalue weighted by Gasteiger charge is -2.28. The number of nitriles is 1. The van der Waals surface area contributed by atoms with E-state index in [9.17, 15) is 5.26 Å². The Hall–Kier alpha value is -7.16. The summed E-state index contributed by atoms with van der Waals surface area (Å²) in [4.78, 5) is 15.7. The molecule has 0 aliphatic heterocycles. The third-order valence-electron chi connectivity index (χ3n) is 11.7. The highest BCUT2D eigenvalue weighted by atomic mass is 15.2. The molecule has 2 heterocycles. The summed E-state index contributed by atoms with van der Waals surface area (Å²) in [7, 11) is 0. The number of benzene rings is 7. The van der Waals surface area contributed by atoms with Crippen LogP contribution in [0.25, 0.3) is 72.8 Å². The third-order valence-corrected chi connectivity index (χ3v) is 11.7. The molecular formula is C50H33N5. The van der Waals surface area contributed by atoms with Crippen molar-refractivity contribution in [3.63, 3.8) is 0 Å². The van der Waals surface area contributed by atoms with Crippen LogP contribution >= 0.6 is 0 Å². The summed E-state index contributed by atoms with van der Waals surface area (Å²) in [5.74, 6) is 1.72. The Morgan fingerprint density at radius 1 is 0.600 bits per heavy atom. The van der Waals surface area contributed by atoms with Crippen molar-refractivity contribution in [3.05, 3.63) is 191 Å². The van der Waals surface area contributed by atoms with E-state index in [4.69, 9.17) is 15.0 Å². The first-order valence-electron chi connectivity index (χ1n) is 18.7. The van der Waals surface area contributed by atoms with Gasteiger partial charge in [0.05, 0.1) is 22.7 Å². The van der Waals surface area contributed by atoms with E-state index >= 15 is 0 Å². The van der Waals surface area contributed by atoms with E-state index in [-0.39, 0.29) is 11.3 Å². The lowest BCUT2D eigenvalue weighted by atomic mass is 9.75. The maximum Gasteiger partial charge on any atom is 0.238 e. The van der Waals surface area contributed by atoms with Gasteiger partial charge in [-0.05, 0) is 74.8 Å². The van der Waals surface area contributed by atoms with Crippen molar-refractivity contribution in [1.29, 1.82) is 5.26 Å². The minimum Gasteiger partial charge on any atom is -0.277 e. The van der Waals surface area contributed by atoms with Crippen LogP contribution in [0.2, 0.25) is 0 Å². The Morgan fingerprint density at radius 3 is 1.96 bits per heavy atom. The van der Waals surface area contributed by atoms with Gasteiger partial charge < -0.3 is 0 Å². The molecule has 11 rings (SSSR count). The molecule has 5 heteroatoms. The number of nitrogens with zero attached hydrogens (tertiary/aromatic N) is 5. The van der Waals surface area contributed by atoms with Crippen molar-refractivity contribution in [2.24, 2.45) is 0 Å². The summed E-state index contributed by atoms with van der Waals surface area (Å²) >= 11 is 0. The summed E-state index contributed by atoms with van der Waals surface area (Å²) < 4.78 is 2.29. The predicted molar refractivity (Wildman–Crippen MR) is 220 cm³/mol. The van der Waals surface area contributed by atoms with Gasteiger partial charge in [-0.15, -0.1) is 0 Å². The van der Waals surface area contributed by atoms with E-state index in [1.807, 2.05) is 54.6 Å². The van der Waals surface area contributed by atoms with Gasteiger partial charge in [-0.25, -0.2) is 4.98 Å². The molecule has 2 aliphatic carbocycles. The zero-order valence-corrected chi connectivity index (χ0v) is 30.3. The van der Waals surface area contributed by atoms with Gasteiger partial charge in [-0.3, -0.25) is 4.57 Å². The molecule has 0 spiro atoms. The Bertz CT molecular complexity index is 3060. The van der Waals surface area contributed by atoms with Crippen LogP contribution in [0, 0.1) is 11.3 Å². The lowest BCUT2D eigenvalue weighted by molar-refractivity contribution is 0.651. The number of fused-ring (bicyclic) bond motifs is 12. The van der Waals surface area contributed by atoms with E-state index < -0.39 is 0 Å². The molecule has 0 bridgehead atoms. The van der Waals surface area contributed by atoms with E-state index in [0.29, 0.717) is 23.2 Å². The Morgan fingerprint density at radius 2 is 1.22 bits per heavy atom. The van der Waals surface area contributed by atoms with Crippen LogP contribution in [0.3, 0.4) is 0 Å². The first-order valence-corrected chi connectivity index (χ1v) is 18.7. The molecule has 9 aromatic rings. The molecule has 0 N–H and O–H groups in total. The van der Waals surface area contributed by atoms with Gasteiger partial charge in [0.1, 0.15) is 0 Å². The molecule has 2 aromatic heterocycles. The van der Waals surface area contributed by atoms with Gasteiger partial charge in [0, 0.05) is 38.8 Å². The molecule has 55 heavy (non-hydrogen) atoms. The van der Waals surface area contributed by atoms with Crippen LogP contribution in [0.4, 0.5) is 0 Å². The average Bonchev–Trinajstić information content (AvgIpc) is 3.85. The van der Waals surface area contributed by atoms with E-state index in [1.54, 1.807) is 0 Å². The molecule has 0 fully saturated rings. The molecule has 258 valence electrons. The fourth-order valence-corrected chi connectivity index (χ4v) is 9.44. The van der Waals surface area contributed by atoms with Crippen molar-refractivity contribution < 1.29 is 0 Å². The molecule has 0 amide bonds. The van der Waals surface area contributed by atoms with Gasteiger partial charge in [-0.1, -0.05) is 141 Å². The lowest BCUT2D eigenvalue weighted by Crippen LogP contribution is -2.19. The SMILES string of the molecule is CC1(C)c2ccccc2-c2c1c1c(c3c2c2ccccc2n3-c2nc(-c3ccccc3)nc(-c3ccc(C#N)cc3)n2)-c2ccccc2C1c1ccccc1. The van der Waals surface area contributed by atoms with Crippen LogP contribution in [0.5, 0.6) is 0 Å². The molecular weight excluding hydrogens is 671 g/mol. The third kappa shape index (κ3) is 4.43. The highest BCUT2D eigenvalue weighted by Gasteiger charge is 2.46. The second-order valence-corrected chi connectivity index (χ2v) is 15.1. The fourth-order valence-electron chi connectivity index (χ4n) is 9.44. The van der Waals surface area contributed by atoms with Crippen LogP contribution in [0.1, 0.15) is 53.1 Å². The minimum atomic E-state index is -0.251. The van der Waals surface area contributed by atoms with Crippen molar-refractivity contribution in [2.45, 2.75) is 25.2 Å². The second kappa shape index (κ2) is 11.7. The van der Waals surface area contributed by atoms with Gasteiger partial charge in [0.2, 0.25) is 5.95 Å². The van der Waals surface area contributed by atoms with Crippen LogP contribution in [-0.4, -0.2) is 19.5 Å². The minimum absolute atomic E-state index is 0.0399. The second-order valence-electron chi connectivity index (χ2n) is 15.1. The number of hydrogen-bond acceptors (Lipinski definition) is 4. The molecule has 0 radical (unpaired) electrons.